The smallest absolute Gasteiger partial charge is 0.130 e. The Morgan fingerprint density at radius 2 is 1.80 bits per heavy atom. The van der Waals surface area contributed by atoms with Crippen molar-refractivity contribution in [3.05, 3.63) is 48.7 Å². The van der Waals surface area contributed by atoms with Crippen LogP contribution in [-0.2, 0) is 0 Å². The number of nitrogens with one attached hydrogen (secondary N) is 2. The monoisotopic (exact) mass is 266 g/mol. The maximum absolute atomic E-state index is 4.52. The Kier molecular flexibility index (Phi) is 2.81. The van der Waals surface area contributed by atoms with E-state index in [0.717, 1.165) is 24.6 Å². The van der Waals surface area contributed by atoms with Crippen LogP contribution in [0.2, 0.25) is 0 Å². The molecular weight excluding hydrogens is 248 g/mol. The SMILES string of the molecule is c1ccc(Nc2ccc(N3CC4CC(C3)N4)cn2)cc1. The molecule has 0 saturated carbocycles. The van der Waals surface area contributed by atoms with Gasteiger partial charge < -0.3 is 15.5 Å². The maximum atomic E-state index is 4.52. The van der Waals surface area contributed by atoms with Crippen LogP contribution in [0.5, 0.6) is 0 Å². The second kappa shape index (κ2) is 4.80. The van der Waals surface area contributed by atoms with Gasteiger partial charge in [-0.1, -0.05) is 18.2 Å². The number of pyridine rings is 1. The third-order valence-electron chi connectivity index (χ3n) is 4.08. The predicted molar refractivity (Wildman–Crippen MR) is 81.5 cm³/mol. The Hall–Kier alpha value is -2.07. The lowest BCUT2D eigenvalue weighted by Crippen LogP contribution is -2.67. The number of nitrogens with zero attached hydrogens (tertiary/aromatic N) is 2. The summed E-state index contributed by atoms with van der Waals surface area (Å²) >= 11 is 0. The lowest BCUT2D eigenvalue weighted by Gasteiger charge is -2.49. The Morgan fingerprint density at radius 1 is 1.05 bits per heavy atom. The van der Waals surface area contributed by atoms with Crippen molar-refractivity contribution in [2.75, 3.05) is 23.3 Å². The lowest BCUT2D eigenvalue weighted by atomic mass is 9.91. The van der Waals surface area contributed by atoms with Crippen molar-refractivity contribution in [1.29, 1.82) is 0 Å². The zero-order valence-electron chi connectivity index (χ0n) is 11.3. The van der Waals surface area contributed by atoms with Gasteiger partial charge in [0.1, 0.15) is 5.82 Å². The number of piperidine rings is 1. The molecule has 0 aliphatic carbocycles. The molecule has 102 valence electrons. The average Bonchev–Trinajstić information content (AvgIpc) is 2.48. The van der Waals surface area contributed by atoms with E-state index in [-0.39, 0.29) is 0 Å². The van der Waals surface area contributed by atoms with Gasteiger partial charge in [0.2, 0.25) is 0 Å². The normalized spacial score (nSPS) is 24.1. The topological polar surface area (TPSA) is 40.2 Å². The van der Waals surface area contributed by atoms with Gasteiger partial charge in [0.15, 0.2) is 0 Å². The Morgan fingerprint density at radius 3 is 2.45 bits per heavy atom. The van der Waals surface area contributed by atoms with Crippen molar-refractivity contribution in [3.63, 3.8) is 0 Å². The van der Waals surface area contributed by atoms with Crippen molar-refractivity contribution in [2.24, 2.45) is 0 Å². The number of anilines is 3. The van der Waals surface area contributed by atoms with E-state index < -0.39 is 0 Å². The number of para-hydroxylation sites is 1. The van der Waals surface area contributed by atoms with E-state index in [1.165, 1.54) is 12.1 Å². The van der Waals surface area contributed by atoms with Crippen LogP contribution in [0, 0.1) is 0 Å². The molecule has 2 N–H and O–H groups in total. The molecule has 2 unspecified atom stereocenters. The van der Waals surface area contributed by atoms with Gasteiger partial charge in [0.25, 0.3) is 0 Å². The molecule has 3 aliphatic rings. The highest BCUT2D eigenvalue weighted by Crippen LogP contribution is 2.26. The summed E-state index contributed by atoms with van der Waals surface area (Å²) in [6.45, 7) is 2.20. The zero-order valence-corrected chi connectivity index (χ0v) is 11.3. The average molecular weight is 266 g/mol. The summed E-state index contributed by atoms with van der Waals surface area (Å²) in [5.74, 6) is 0.889. The third kappa shape index (κ3) is 2.23. The van der Waals surface area contributed by atoms with E-state index in [2.05, 4.69) is 32.7 Å². The van der Waals surface area contributed by atoms with Gasteiger partial charge in [-0.15, -0.1) is 0 Å². The molecule has 2 aromatic rings. The second-order valence-corrected chi connectivity index (χ2v) is 5.59. The van der Waals surface area contributed by atoms with E-state index in [1.807, 2.05) is 36.5 Å². The first kappa shape index (κ1) is 11.7. The highest BCUT2D eigenvalue weighted by Gasteiger charge is 2.36. The fourth-order valence-corrected chi connectivity index (χ4v) is 3.04. The highest BCUT2D eigenvalue weighted by molar-refractivity contribution is 5.58. The van der Waals surface area contributed by atoms with Gasteiger partial charge in [-0.05, 0) is 30.7 Å². The Bertz CT molecular complexity index is 565. The first-order valence-electron chi connectivity index (χ1n) is 7.16. The van der Waals surface area contributed by atoms with Crippen LogP contribution < -0.4 is 15.5 Å². The molecule has 3 saturated heterocycles. The van der Waals surface area contributed by atoms with Crippen LogP contribution in [0.3, 0.4) is 0 Å². The minimum absolute atomic E-state index is 0.677. The van der Waals surface area contributed by atoms with E-state index in [4.69, 9.17) is 0 Å². The van der Waals surface area contributed by atoms with Gasteiger partial charge in [-0.3, -0.25) is 0 Å². The van der Waals surface area contributed by atoms with Crippen LogP contribution in [0.15, 0.2) is 48.7 Å². The molecule has 1 aromatic heterocycles. The number of piperazine rings is 1. The molecule has 0 amide bonds. The quantitative estimate of drug-likeness (QED) is 0.895. The van der Waals surface area contributed by atoms with Gasteiger partial charge in [0.05, 0.1) is 11.9 Å². The highest BCUT2D eigenvalue weighted by atomic mass is 15.3. The fraction of sp³-hybridized carbons (Fsp3) is 0.312. The number of benzene rings is 1. The molecule has 20 heavy (non-hydrogen) atoms. The van der Waals surface area contributed by atoms with Crippen molar-refractivity contribution in [2.45, 2.75) is 18.5 Å². The first-order valence-corrected chi connectivity index (χ1v) is 7.16. The van der Waals surface area contributed by atoms with Crippen LogP contribution in [0.25, 0.3) is 0 Å². The van der Waals surface area contributed by atoms with Crippen molar-refractivity contribution < 1.29 is 0 Å². The van der Waals surface area contributed by atoms with Crippen LogP contribution in [0.1, 0.15) is 6.42 Å². The summed E-state index contributed by atoms with van der Waals surface area (Å²) in [6.07, 6.45) is 3.30. The Balaban J connectivity index is 1.46. The number of aromatic nitrogens is 1. The minimum Gasteiger partial charge on any atom is -0.367 e. The molecule has 0 spiro atoms. The van der Waals surface area contributed by atoms with Crippen molar-refractivity contribution in [3.8, 4) is 0 Å². The number of hydrogen-bond donors (Lipinski definition) is 2. The molecule has 0 radical (unpaired) electrons. The molecule has 4 nitrogen and oxygen atoms in total. The second-order valence-electron chi connectivity index (χ2n) is 5.59. The summed E-state index contributed by atoms with van der Waals surface area (Å²) in [4.78, 5) is 6.94. The summed E-state index contributed by atoms with van der Waals surface area (Å²) in [5, 5.41) is 6.86. The van der Waals surface area contributed by atoms with Gasteiger partial charge >= 0.3 is 0 Å². The zero-order chi connectivity index (χ0) is 13.4. The van der Waals surface area contributed by atoms with E-state index >= 15 is 0 Å². The molecular formula is C16H18N4. The molecule has 4 heteroatoms. The molecule has 1 aromatic carbocycles. The van der Waals surface area contributed by atoms with Crippen molar-refractivity contribution >= 4 is 17.2 Å². The van der Waals surface area contributed by atoms with Crippen LogP contribution in [0.4, 0.5) is 17.2 Å². The molecule has 3 fully saturated rings. The largest absolute Gasteiger partial charge is 0.367 e. The molecule has 2 bridgehead atoms. The molecule has 4 heterocycles. The summed E-state index contributed by atoms with van der Waals surface area (Å²) in [5.41, 5.74) is 2.29. The van der Waals surface area contributed by atoms with Gasteiger partial charge in [0, 0.05) is 30.9 Å². The predicted octanol–water partition coefficient (Wildman–Crippen LogP) is 2.38. The molecule has 2 atom stereocenters. The number of fused-ring (bicyclic) bond motifs is 2. The van der Waals surface area contributed by atoms with Crippen LogP contribution >= 0.6 is 0 Å². The van der Waals surface area contributed by atoms with Gasteiger partial charge in [-0.25, -0.2) is 4.98 Å². The maximum Gasteiger partial charge on any atom is 0.130 e. The number of hydrogen-bond acceptors (Lipinski definition) is 4. The summed E-state index contributed by atoms with van der Waals surface area (Å²) in [7, 11) is 0. The fourth-order valence-electron chi connectivity index (χ4n) is 3.04. The summed E-state index contributed by atoms with van der Waals surface area (Å²) < 4.78 is 0. The van der Waals surface area contributed by atoms with E-state index in [1.54, 1.807) is 0 Å². The molecule has 3 aliphatic heterocycles. The number of rotatable bonds is 3. The third-order valence-corrected chi connectivity index (χ3v) is 4.08. The minimum atomic E-state index is 0.677. The first-order chi connectivity index (χ1) is 9.87. The summed E-state index contributed by atoms with van der Waals surface area (Å²) in [6, 6.07) is 15.7. The standard InChI is InChI=1S/C16H18N4/c1-2-4-12(5-3-1)19-16-7-6-15(9-17-16)20-10-13-8-14(11-20)18-13/h1-7,9,13-14,18H,8,10-11H2,(H,17,19). The molecule has 5 rings (SSSR count). The lowest BCUT2D eigenvalue weighted by molar-refractivity contribution is 0.226. The van der Waals surface area contributed by atoms with Gasteiger partial charge in [-0.2, -0.15) is 0 Å². The van der Waals surface area contributed by atoms with E-state index in [9.17, 15) is 0 Å². The Labute approximate surface area is 118 Å². The van der Waals surface area contributed by atoms with Crippen LogP contribution in [-0.4, -0.2) is 30.2 Å². The van der Waals surface area contributed by atoms with Crippen molar-refractivity contribution in [1.82, 2.24) is 10.3 Å². The van der Waals surface area contributed by atoms with E-state index in [0.29, 0.717) is 12.1 Å².